The lowest BCUT2D eigenvalue weighted by Crippen LogP contribution is -2.41. The van der Waals surface area contributed by atoms with Gasteiger partial charge < -0.3 is 14.3 Å². The van der Waals surface area contributed by atoms with Crippen LogP contribution in [0.15, 0.2) is 12.1 Å². The lowest BCUT2D eigenvalue weighted by Gasteiger charge is -2.37. The summed E-state index contributed by atoms with van der Waals surface area (Å²) in [5.41, 5.74) is 2.96. The van der Waals surface area contributed by atoms with E-state index >= 15 is 0 Å². The maximum absolute atomic E-state index is 12.4. The molecule has 1 N–H and O–H groups in total. The van der Waals surface area contributed by atoms with Crippen molar-refractivity contribution in [3.05, 3.63) is 28.8 Å². The van der Waals surface area contributed by atoms with Gasteiger partial charge in [-0.2, -0.15) is 0 Å². The Labute approximate surface area is 189 Å². The van der Waals surface area contributed by atoms with Gasteiger partial charge in [-0.15, -0.1) is 0 Å². The molecule has 0 spiro atoms. The van der Waals surface area contributed by atoms with Crippen LogP contribution in [0.25, 0.3) is 0 Å². The molecule has 0 aliphatic carbocycles. The number of hydrogen-bond acceptors (Lipinski definition) is 4. The van der Waals surface area contributed by atoms with E-state index in [-0.39, 0.29) is 29.3 Å². The highest BCUT2D eigenvalue weighted by molar-refractivity contribution is 6.74. The van der Waals surface area contributed by atoms with Crippen molar-refractivity contribution in [3.63, 3.8) is 0 Å². The van der Waals surface area contributed by atoms with Crippen molar-refractivity contribution >= 4 is 20.3 Å². The van der Waals surface area contributed by atoms with E-state index in [1.807, 2.05) is 13.0 Å². The highest BCUT2D eigenvalue weighted by Gasteiger charge is 2.37. The number of unbranched alkanes of at least 4 members (excludes halogenated alkanes) is 1. The van der Waals surface area contributed by atoms with Crippen molar-refractivity contribution in [1.29, 1.82) is 0 Å². The van der Waals surface area contributed by atoms with Gasteiger partial charge in [0.25, 0.3) is 0 Å². The molecule has 1 aromatic rings. The topological polar surface area (TPSA) is 72.8 Å². The Balaban J connectivity index is 2.94. The van der Waals surface area contributed by atoms with Gasteiger partial charge in [0.15, 0.2) is 8.32 Å². The van der Waals surface area contributed by atoms with Crippen LogP contribution in [0, 0.1) is 13.8 Å². The second-order valence-corrected chi connectivity index (χ2v) is 15.6. The third-order valence-corrected chi connectivity index (χ3v) is 10.9. The molecule has 176 valence electrons. The van der Waals surface area contributed by atoms with Gasteiger partial charge in [0, 0.05) is 25.0 Å². The summed E-state index contributed by atoms with van der Waals surface area (Å²) in [6, 6.07) is 4.05. The minimum absolute atomic E-state index is 0.0728. The molecule has 0 aliphatic heterocycles. The van der Waals surface area contributed by atoms with Gasteiger partial charge in [-0.1, -0.05) is 40.7 Å². The first kappa shape index (κ1) is 27.4. The predicted octanol–water partition coefficient (Wildman–Crippen LogP) is 6.54. The predicted molar refractivity (Wildman–Crippen MR) is 128 cm³/mol. The van der Waals surface area contributed by atoms with Crippen LogP contribution in [0.1, 0.15) is 83.4 Å². The van der Waals surface area contributed by atoms with Crippen molar-refractivity contribution in [2.24, 2.45) is 0 Å². The summed E-state index contributed by atoms with van der Waals surface area (Å²) in [5, 5.41) is 8.91. The molecule has 1 rings (SSSR count). The molecule has 0 saturated heterocycles. The summed E-state index contributed by atoms with van der Waals surface area (Å²) < 4.78 is 12.2. The van der Waals surface area contributed by atoms with Crippen molar-refractivity contribution in [1.82, 2.24) is 0 Å². The minimum Gasteiger partial charge on any atom is -0.481 e. The number of carboxylic acid groups (broad SMARTS) is 1. The SMILES string of the molecule is Cc1cc(C)c(C(C)(C)CCO[Si](C)(C)C(C)(C)C)c(OC(=O)CCCCC(=O)O)c1. The number of carbonyl (C=O) groups excluding carboxylic acids is 1. The van der Waals surface area contributed by atoms with Crippen molar-refractivity contribution in [2.45, 2.75) is 104 Å². The minimum atomic E-state index is -1.82. The highest BCUT2D eigenvalue weighted by Crippen LogP contribution is 2.40. The monoisotopic (exact) mass is 450 g/mol. The number of rotatable bonds is 11. The van der Waals surface area contributed by atoms with Crippen molar-refractivity contribution < 1.29 is 23.9 Å². The van der Waals surface area contributed by atoms with Gasteiger partial charge in [0.05, 0.1) is 0 Å². The molecular weight excluding hydrogens is 408 g/mol. The van der Waals surface area contributed by atoms with Crippen LogP contribution >= 0.6 is 0 Å². The van der Waals surface area contributed by atoms with Crippen LogP contribution in [0.4, 0.5) is 0 Å². The number of benzene rings is 1. The molecule has 6 heteroatoms. The van der Waals surface area contributed by atoms with E-state index in [4.69, 9.17) is 14.3 Å². The van der Waals surface area contributed by atoms with Gasteiger partial charge in [-0.05, 0) is 73.9 Å². The molecular formula is C25H42O5Si. The van der Waals surface area contributed by atoms with E-state index in [0.29, 0.717) is 25.2 Å². The van der Waals surface area contributed by atoms with E-state index in [1.54, 1.807) is 0 Å². The summed E-state index contributed by atoms with van der Waals surface area (Å²) in [6.45, 7) is 20.3. The second-order valence-electron chi connectivity index (χ2n) is 10.8. The molecule has 0 bridgehead atoms. The van der Waals surface area contributed by atoms with Crippen LogP contribution < -0.4 is 4.74 Å². The van der Waals surface area contributed by atoms with Gasteiger partial charge in [-0.3, -0.25) is 9.59 Å². The molecule has 0 atom stereocenters. The summed E-state index contributed by atoms with van der Waals surface area (Å²) in [6.07, 6.45) is 2.10. The number of hydrogen-bond donors (Lipinski definition) is 1. The standard InChI is InChI=1S/C25H42O5Si/c1-18-16-19(2)23(20(17-18)30-22(28)13-11-10-12-21(26)27)25(6,7)14-15-29-31(8,9)24(3,4)5/h16-17H,10-15H2,1-9H3,(H,26,27). The smallest absolute Gasteiger partial charge is 0.311 e. The molecule has 0 saturated carbocycles. The third kappa shape index (κ3) is 8.41. The molecule has 1 aromatic carbocycles. The third-order valence-electron chi connectivity index (χ3n) is 6.36. The van der Waals surface area contributed by atoms with Gasteiger partial charge >= 0.3 is 11.9 Å². The molecule has 31 heavy (non-hydrogen) atoms. The molecule has 0 radical (unpaired) electrons. The summed E-state index contributed by atoms with van der Waals surface area (Å²) >= 11 is 0. The number of aliphatic carboxylic acids is 1. The first-order chi connectivity index (χ1) is 14.1. The molecule has 0 aliphatic rings. The van der Waals surface area contributed by atoms with Crippen LogP contribution in [-0.4, -0.2) is 32.0 Å². The summed E-state index contributed by atoms with van der Waals surface area (Å²) in [4.78, 5) is 23.1. The normalized spacial score (nSPS) is 12.7. The Morgan fingerprint density at radius 3 is 2.13 bits per heavy atom. The molecule has 5 nitrogen and oxygen atoms in total. The van der Waals surface area contributed by atoms with Crippen molar-refractivity contribution in [3.8, 4) is 5.75 Å². The first-order valence-corrected chi connectivity index (χ1v) is 14.2. The number of aryl methyl sites for hydroxylation is 2. The molecule has 0 fully saturated rings. The lowest BCUT2D eigenvalue weighted by atomic mass is 9.78. The zero-order chi connectivity index (χ0) is 24.0. The van der Waals surface area contributed by atoms with Crippen LogP contribution in [0.3, 0.4) is 0 Å². The quantitative estimate of drug-likeness (QED) is 0.179. The maximum Gasteiger partial charge on any atom is 0.311 e. The molecule has 0 aromatic heterocycles. The van der Waals surface area contributed by atoms with Crippen LogP contribution in [0.5, 0.6) is 5.75 Å². The van der Waals surface area contributed by atoms with E-state index in [1.165, 1.54) is 0 Å². The Hall–Kier alpha value is -1.66. The van der Waals surface area contributed by atoms with Gasteiger partial charge in [0.2, 0.25) is 0 Å². The van der Waals surface area contributed by atoms with Gasteiger partial charge in [0.1, 0.15) is 5.75 Å². The molecule has 0 unspecified atom stereocenters. The number of carboxylic acids is 1. The number of esters is 1. The summed E-state index contributed by atoms with van der Waals surface area (Å²) in [5.74, 6) is -0.547. The zero-order valence-corrected chi connectivity index (χ0v) is 22.0. The number of carbonyl (C=O) groups is 2. The average molecular weight is 451 g/mol. The van der Waals surface area contributed by atoms with Crippen molar-refractivity contribution in [2.75, 3.05) is 6.61 Å². The van der Waals surface area contributed by atoms with Crippen LogP contribution in [-0.2, 0) is 19.4 Å². The number of ether oxygens (including phenoxy) is 1. The fourth-order valence-electron chi connectivity index (χ4n) is 3.50. The zero-order valence-electron chi connectivity index (χ0n) is 21.0. The van der Waals surface area contributed by atoms with Gasteiger partial charge in [-0.25, -0.2) is 0 Å². The Kier molecular flexibility index (Phi) is 9.51. The van der Waals surface area contributed by atoms with E-state index in [2.05, 4.69) is 60.7 Å². The molecule has 0 amide bonds. The average Bonchev–Trinajstić information content (AvgIpc) is 2.56. The van der Waals surface area contributed by atoms with Crippen LogP contribution in [0.2, 0.25) is 18.1 Å². The van der Waals surface area contributed by atoms with E-state index < -0.39 is 14.3 Å². The Bertz CT molecular complexity index is 775. The first-order valence-electron chi connectivity index (χ1n) is 11.2. The van der Waals surface area contributed by atoms with E-state index in [9.17, 15) is 9.59 Å². The largest absolute Gasteiger partial charge is 0.481 e. The fraction of sp³-hybridized carbons (Fsp3) is 0.680. The highest BCUT2D eigenvalue weighted by atomic mass is 28.4. The maximum atomic E-state index is 12.4. The Morgan fingerprint density at radius 2 is 1.58 bits per heavy atom. The lowest BCUT2D eigenvalue weighted by molar-refractivity contribution is -0.138. The van der Waals surface area contributed by atoms with E-state index in [0.717, 1.165) is 23.1 Å². The fourth-order valence-corrected chi connectivity index (χ4v) is 4.54. The second kappa shape index (κ2) is 10.8. The summed E-state index contributed by atoms with van der Waals surface area (Å²) in [7, 11) is -1.82. The Morgan fingerprint density at radius 1 is 1.00 bits per heavy atom. The molecule has 0 heterocycles.